The van der Waals surface area contributed by atoms with Crippen LogP contribution in [0, 0.1) is 5.82 Å². The lowest BCUT2D eigenvalue weighted by Crippen LogP contribution is -2.25. The van der Waals surface area contributed by atoms with Crippen molar-refractivity contribution in [1.82, 2.24) is 20.6 Å². The molecule has 1 heterocycles. The Balaban J connectivity index is 1.87. The molecule has 7 nitrogen and oxygen atoms in total. The van der Waals surface area contributed by atoms with Crippen LogP contribution in [0.5, 0.6) is 0 Å². The number of aromatic nitrogens is 2. The summed E-state index contributed by atoms with van der Waals surface area (Å²) in [4.78, 5) is 41.5. The van der Waals surface area contributed by atoms with Crippen LogP contribution in [-0.4, -0.2) is 34.6 Å². The smallest absolute Gasteiger partial charge is 0.251 e. The molecule has 0 aliphatic carbocycles. The number of nitrogens with zero attached hydrogens (tertiary/aromatic N) is 1. The van der Waals surface area contributed by atoms with Gasteiger partial charge in [-0.15, -0.1) is 0 Å². The summed E-state index contributed by atoms with van der Waals surface area (Å²) < 4.78 is 12.8. The highest BCUT2D eigenvalue weighted by atomic mass is 32.2. The van der Waals surface area contributed by atoms with Crippen molar-refractivity contribution in [1.29, 1.82) is 0 Å². The molecule has 2 aromatic rings. The summed E-state index contributed by atoms with van der Waals surface area (Å²) in [7, 11) is 1.50. The van der Waals surface area contributed by atoms with Gasteiger partial charge >= 0.3 is 0 Å². The summed E-state index contributed by atoms with van der Waals surface area (Å²) in [6.07, 6.45) is -0.00918. The van der Waals surface area contributed by atoms with E-state index in [9.17, 15) is 18.8 Å². The Bertz CT molecular complexity index is 808. The lowest BCUT2D eigenvalue weighted by Gasteiger charge is -2.06. The third-order valence-corrected chi connectivity index (χ3v) is 4.01. The summed E-state index contributed by atoms with van der Waals surface area (Å²) in [5.41, 5.74) is 0.722. The molecular formula is C16H17FN4O3S. The number of thioether (sulfide) groups is 1. The van der Waals surface area contributed by atoms with Crippen LogP contribution in [0.4, 0.5) is 4.39 Å². The molecule has 132 valence electrons. The minimum Gasteiger partial charge on any atom is -0.359 e. The number of amides is 2. The summed E-state index contributed by atoms with van der Waals surface area (Å²) >= 11 is 1.06. The largest absolute Gasteiger partial charge is 0.359 e. The molecule has 0 atom stereocenters. The fourth-order valence-electron chi connectivity index (χ4n) is 1.88. The van der Waals surface area contributed by atoms with E-state index in [4.69, 9.17) is 0 Å². The summed E-state index contributed by atoms with van der Waals surface area (Å²) in [5, 5.41) is 5.41. The molecule has 0 aliphatic rings. The molecule has 2 amide bonds. The number of carbonyl (C=O) groups excluding carboxylic acids is 2. The highest BCUT2D eigenvalue weighted by molar-refractivity contribution is 7.99. The zero-order valence-electron chi connectivity index (χ0n) is 13.5. The number of carbonyl (C=O) groups is 2. The summed E-state index contributed by atoms with van der Waals surface area (Å²) in [6, 6.07) is 7.06. The first-order valence-electron chi connectivity index (χ1n) is 7.41. The van der Waals surface area contributed by atoms with Gasteiger partial charge in [0.15, 0.2) is 5.16 Å². The molecule has 9 heteroatoms. The van der Waals surface area contributed by atoms with Crippen LogP contribution in [0.25, 0.3) is 0 Å². The zero-order valence-corrected chi connectivity index (χ0v) is 14.3. The van der Waals surface area contributed by atoms with E-state index in [1.165, 1.54) is 25.2 Å². The van der Waals surface area contributed by atoms with Gasteiger partial charge in [0.05, 0.1) is 17.9 Å². The highest BCUT2D eigenvalue weighted by Gasteiger charge is 2.09. The Morgan fingerprint density at radius 2 is 1.96 bits per heavy atom. The van der Waals surface area contributed by atoms with Gasteiger partial charge in [0, 0.05) is 19.7 Å². The van der Waals surface area contributed by atoms with Crippen molar-refractivity contribution >= 4 is 23.6 Å². The summed E-state index contributed by atoms with van der Waals surface area (Å²) in [6.45, 7) is 0.278. The van der Waals surface area contributed by atoms with Gasteiger partial charge in [-0.1, -0.05) is 23.9 Å². The van der Waals surface area contributed by atoms with Crippen LogP contribution in [0.1, 0.15) is 11.3 Å². The van der Waals surface area contributed by atoms with Crippen LogP contribution >= 0.6 is 11.8 Å². The van der Waals surface area contributed by atoms with Crippen LogP contribution < -0.4 is 16.2 Å². The molecule has 2 rings (SSSR count). The van der Waals surface area contributed by atoms with Crippen molar-refractivity contribution in [3.63, 3.8) is 0 Å². The molecule has 0 spiro atoms. The van der Waals surface area contributed by atoms with Crippen LogP contribution in [0.2, 0.25) is 0 Å². The monoisotopic (exact) mass is 364 g/mol. The molecule has 0 saturated carbocycles. The van der Waals surface area contributed by atoms with Crippen molar-refractivity contribution in [3.8, 4) is 0 Å². The minimum absolute atomic E-state index is 0.00918. The molecule has 1 aromatic carbocycles. The maximum Gasteiger partial charge on any atom is 0.251 e. The van der Waals surface area contributed by atoms with Gasteiger partial charge in [-0.2, -0.15) is 0 Å². The fraction of sp³-hybridized carbons (Fsp3) is 0.250. The van der Waals surface area contributed by atoms with E-state index < -0.39 is 0 Å². The second-order valence-electron chi connectivity index (χ2n) is 5.08. The maximum absolute atomic E-state index is 12.8. The number of benzene rings is 1. The van der Waals surface area contributed by atoms with Gasteiger partial charge in [0.2, 0.25) is 11.8 Å². The first-order chi connectivity index (χ1) is 12.0. The predicted octanol–water partition coefficient (Wildman–Crippen LogP) is 0.606. The van der Waals surface area contributed by atoms with E-state index >= 15 is 0 Å². The summed E-state index contributed by atoms with van der Waals surface area (Å²) in [5.74, 6) is -0.801. The van der Waals surface area contributed by atoms with E-state index in [0.29, 0.717) is 5.69 Å². The number of nitrogens with one attached hydrogen (secondary N) is 3. The van der Waals surface area contributed by atoms with Gasteiger partial charge in [-0.05, 0) is 17.7 Å². The number of rotatable bonds is 7. The zero-order chi connectivity index (χ0) is 18.2. The Morgan fingerprint density at radius 1 is 1.24 bits per heavy atom. The third kappa shape index (κ3) is 6.38. The average Bonchev–Trinajstić information content (AvgIpc) is 2.59. The molecule has 0 radical (unpaired) electrons. The normalized spacial score (nSPS) is 10.3. The predicted molar refractivity (Wildman–Crippen MR) is 91.6 cm³/mol. The van der Waals surface area contributed by atoms with Crippen molar-refractivity contribution in [2.75, 3.05) is 12.8 Å². The molecule has 25 heavy (non-hydrogen) atoms. The molecule has 0 saturated heterocycles. The van der Waals surface area contributed by atoms with Crippen LogP contribution in [0.15, 0.2) is 40.3 Å². The highest BCUT2D eigenvalue weighted by Crippen LogP contribution is 2.11. The van der Waals surface area contributed by atoms with Gasteiger partial charge in [0.1, 0.15) is 5.82 Å². The molecule has 3 N–H and O–H groups in total. The van der Waals surface area contributed by atoms with Crippen molar-refractivity contribution in [2.45, 2.75) is 18.1 Å². The van der Waals surface area contributed by atoms with E-state index in [2.05, 4.69) is 20.6 Å². The topological polar surface area (TPSA) is 104 Å². The van der Waals surface area contributed by atoms with Gasteiger partial charge < -0.3 is 15.6 Å². The molecule has 1 aromatic heterocycles. The van der Waals surface area contributed by atoms with Crippen molar-refractivity contribution in [3.05, 3.63) is 57.8 Å². The molecular weight excluding hydrogens is 347 g/mol. The first-order valence-corrected chi connectivity index (χ1v) is 8.39. The molecule has 0 aliphatic heterocycles. The van der Waals surface area contributed by atoms with Crippen molar-refractivity contribution < 1.29 is 14.0 Å². The lowest BCUT2D eigenvalue weighted by molar-refractivity contribution is -0.120. The number of H-pyrrole nitrogens is 1. The van der Waals surface area contributed by atoms with E-state index in [1.807, 2.05) is 0 Å². The SMILES string of the molecule is CNC(=O)Cc1cc(=O)[nH]c(SCC(=O)NCc2ccc(F)cc2)n1. The minimum atomic E-state index is -0.386. The second-order valence-corrected chi connectivity index (χ2v) is 6.05. The standard InChI is InChI=1S/C16H17FN4O3S/c1-18-13(22)6-12-7-14(23)21-16(20-12)25-9-15(24)19-8-10-2-4-11(17)5-3-10/h2-5,7H,6,8-9H2,1H3,(H,18,22)(H,19,24)(H,20,21,23). The van der Waals surface area contributed by atoms with Gasteiger partial charge in [0.25, 0.3) is 5.56 Å². The fourth-order valence-corrected chi connectivity index (χ4v) is 2.61. The molecule has 0 unspecified atom stereocenters. The third-order valence-electron chi connectivity index (χ3n) is 3.14. The van der Waals surface area contributed by atoms with Crippen molar-refractivity contribution in [2.24, 2.45) is 0 Å². The molecule has 0 fully saturated rings. The first kappa shape index (κ1) is 18.7. The second kappa shape index (κ2) is 8.97. The van der Waals surface area contributed by atoms with Gasteiger partial charge in [-0.3, -0.25) is 14.4 Å². The Morgan fingerprint density at radius 3 is 2.64 bits per heavy atom. The van der Waals surface area contributed by atoms with Crippen LogP contribution in [0.3, 0.4) is 0 Å². The molecule has 0 bridgehead atoms. The average molecular weight is 364 g/mol. The van der Waals surface area contributed by atoms with E-state index in [1.54, 1.807) is 12.1 Å². The van der Waals surface area contributed by atoms with E-state index in [0.717, 1.165) is 17.3 Å². The number of hydrogen-bond acceptors (Lipinski definition) is 5. The Kier molecular flexibility index (Phi) is 6.70. The van der Waals surface area contributed by atoms with Crippen LogP contribution in [-0.2, 0) is 22.6 Å². The Hall–Kier alpha value is -2.68. The lowest BCUT2D eigenvalue weighted by atomic mass is 10.2. The van der Waals surface area contributed by atoms with Gasteiger partial charge in [-0.25, -0.2) is 9.37 Å². The maximum atomic E-state index is 12.8. The number of hydrogen-bond donors (Lipinski definition) is 3. The number of halogens is 1. The number of aromatic amines is 1. The number of likely N-dealkylation sites (N-methyl/N-ethyl adjacent to an activating group) is 1. The van der Waals surface area contributed by atoms with E-state index in [-0.39, 0.29) is 47.1 Å². The Labute approximate surface area is 147 Å². The quantitative estimate of drug-likeness (QED) is 0.493.